The van der Waals surface area contributed by atoms with E-state index in [4.69, 9.17) is 10.5 Å². The van der Waals surface area contributed by atoms with Gasteiger partial charge in [-0.3, -0.25) is 4.79 Å². The number of benzene rings is 1. The summed E-state index contributed by atoms with van der Waals surface area (Å²) < 4.78 is 5.54. The molecule has 5 nitrogen and oxygen atoms in total. The fourth-order valence-corrected chi connectivity index (χ4v) is 2.83. The average Bonchev–Trinajstić information content (AvgIpc) is 3.03. The Labute approximate surface area is 134 Å². The lowest BCUT2D eigenvalue weighted by atomic mass is 10.2. The Bertz CT molecular complexity index is 627. The molecule has 2 aromatic rings. The fraction of sp³-hybridized carbons (Fsp3) is 0.375. The van der Waals surface area contributed by atoms with Crippen LogP contribution in [0.5, 0.6) is 5.75 Å². The standard InChI is InChI=1S/C16H21N3O2S/c1-3-12(17)16-19-13(10-22-16)15(20)18-9-11-7-5-6-8-14(11)21-4-2/h5-8,10,12H,3-4,9,17H2,1-2H3,(H,18,20). The van der Waals surface area contributed by atoms with E-state index in [-0.39, 0.29) is 11.9 Å². The SMILES string of the molecule is CCOc1ccccc1CNC(=O)c1csc(C(N)CC)n1. The van der Waals surface area contributed by atoms with Crippen LogP contribution in [0.1, 0.15) is 47.4 Å². The van der Waals surface area contributed by atoms with Crippen molar-refractivity contribution >= 4 is 17.2 Å². The van der Waals surface area contributed by atoms with Gasteiger partial charge in [0.1, 0.15) is 16.5 Å². The molecule has 0 aliphatic carbocycles. The number of hydrogen-bond acceptors (Lipinski definition) is 5. The van der Waals surface area contributed by atoms with Crippen LogP contribution in [0.15, 0.2) is 29.6 Å². The van der Waals surface area contributed by atoms with Crippen LogP contribution in [-0.4, -0.2) is 17.5 Å². The topological polar surface area (TPSA) is 77.2 Å². The number of carbonyl (C=O) groups excluding carboxylic acids is 1. The summed E-state index contributed by atoms with van der Waals surface area (Å²) in [5.41, 5.74) is 7.28. The maximum absolute atomic E-state index is 12.2. The van der Waals surface area contributed by atoms with Gasteiger partial charge in [-0.05, 0) is 19.4 Å². The first kappa shape index (κ1) is 16.5. The predicted octanol–water partition coefficient (Wildman–Crippen LogP) is 2.88. The van der Waals surface area contributed by atoms with Crippen molar-refractivity contribution in [1.29, 1.82) is 0 Å². The number of carbonyl (C=O) groups is 1. The lowest BCUT2D eigenvalue weighted by Crippen LogP contribution is -2.23. The number of hydrogen-bond donors (Lipinski definition) is 2. The van der Waals surface area contributed by atoms with Gasteiger partial charge in [0.15, 0.2) is 0 Å². The second kappa shape index (κ2) is 7.91. The predicted molar refractivity (Wildman–Crippen MR) is 88.1 cm³/mol. The largest absolute Gasteiger partial charge is 0.494 e. The van der Waals surface area contributed by atoms with Crippen molar-refractivity contribution in [3.63, 3.8) is 0 Å². The van der Waals surface area contributed by atoms with Crippen molar-refractivity contribution in [2.24, 2.45) is 5.73 Å². The van der Waals surface area contributed by atoms with E-state index in [1.165, 1.54) is 11.3 Å². The summed E-state index contributed by atoms with van der Waals surface area (Å²) in [5, 5.41) is 5.41. The van der Waals surface area contributed by atoms with Gasteiger partial charge >= 0.3 is 0 Å². The molecule has 0 aliphatic rings. The first-order valence-corrected chi connectivity index (χ1v) is 8.23. The van der Waals surface area contributed by atoms with E-state index in [1.807, 2.05) is 38.1 Å². The molecule has 1 aromatic carbocycles. The molecule has 1 heterocycles. The molecule has 1 unspecified atom stereocenters. The Balaban J connectivity index is 1.99. The second-order valence-corrected chi connectivity index (χ2v) is 5.70. The quantitative estimate of drug-likeness (QED) is 0.822. The van der Waals surface area contributed by atoms with Gasteiger partial charge in [0.2, 0.25) is 0 Å². The summed E-state index contributed by atoms with van der Waals surface area (Å²) in [4.78, 5) is 16.5. The van der Waals surface area contributed by atoms with Gasteiger partial charge in [0.25, 0.3) is 5.91 Å². The monoisotopic (exact) mass is 319 g/mol. The van der Waals surface area contributed by atoms with Gasteiger partial charge in [-0.1, -0.05) is 25.1 Å². The number of ether oxygens (including phenoxy) is 1. The molecule has 1 aromatic heterocycles. The molecule has 0 fully saturated rings. The summed E-state index contributed by atoms with van der Waals surface area (Å²) in [6.07, 6.45) is 0.802. The van der Waals surface area contributed by atoms with E-state index in [2.05, 4.69) is 10.3 Å². The molecule has 0 saturated carbocycles. The number of para-hydroxylation sites is 1. The molecular formula is C16H21N3O2S. The first-order chi connectivity index (χ1) is 10.7. The van der Waals surface area contributed by atoms with Crippen molar-refractivity contribution < 1.29 is 9.53 Å². The minimum atomic E-state index is -0.197. The smallest absolute Gasteiger partial charge is 0.271 e. The van der Waals surface area contributed by atoms with Gasteiger partial charge in [0, 0.05) is 17.5 Å². The molecule has 22 heavy (non-hydrogen) atoms. The average molecular weight is 319 g/mol. The Hall–Kier alpha value is -1.92. The highest BCUT2D eigenvalue weighted by molar-refractivity contribution is 7.09. The van der Waals surface area contributed by atoms with Gasteiger partial charge in [-0.25, -0.2) is 4.98 Å². The van der Waals surface area contributed by atoms with Crippen LogP contribution in [-0.2, 0) is 6.54 Å². The molecule has 6 heteroatoms. The van der Waals surface area contributed by atoms with Crippen molar-refractivity contribution in [3.8, 4) is 5.75 Å². The molecule has 0 bridgehead atoms. The van der Waals surface area contributed by atoms with Crippen molar-refractivity contribution in [1.82, 2.24) is 10.3 Å². The summed E-state index contributed by atoms with van der Waals surface area (Å²) in [6, 6.07) is 7.56. The summed E-state index contributed by atoms with van der Waals surface area (Å²) in [5.74, 6) is 0.592. The Morgan fingerprint density at radius 3 is 2.91 bits per heavy atom. The third-order valence-corrected chi connectivity index (χ3v) is 4.20. The van der Waals surface area contributed by atoms with Crippen molar-refractivity contribution in [2.75, 3.05) is 6.61 Å². The normalized spacial score (nSPS) is 12.0. The third-order valence-electron chi connectivity index (χ3n) is 3.22. The van der Waals surface area contributed by atoms with Gasteiger partial charge in [0.05, 0.1) is 12.6 Å². The van der Waals surface area contributed by atoms with Crippen molar-refractivity contribution in [3.05, 3.63) is 45.9 Å². The summed E-state index contributed by atoms with van der Waals surface area (Å²) in [6.45, 7) is 4.93. The van der Waals surface area contributed by atoms with E-state index in [0.29, 0.717) is 18.8 Å². The Morgan fingerprint density at radius 1 is 1.41 bits per heavy atom. The Kier molecular flexibility index (Phi) is 5.91. The lowest BCUT2D eigenvalue weighted by Gasteiger charge is -2.10. The molecular weight excluding hydrogens is 298 g/mol. The highest BCUT2D eigenvalue weighted by atomic mass is 32.1. The number of nitrogens with zero attached hydrogens (tertiary/aromatic N) is 1. The van der Waals surface area contributed by atoms with Crippen LogP contribution < -0.4 is 15.8 Å². The van der Waals surface area contributed by atoms with Crippen LogP contribution in [0.25, 0.3) is 0 Å². The van der Waals surface area contributed by atoms with E-state index in [0.717, 1.165) is 22.7 Å². The number of nitrogens with one attached hydrogen (secondary N) is 1. The number of rotatable bonds is 7. The summed E-state index contributed by atoms with van der Waals surface area (Å²) >= 11 is 1.42. The molecule has 1 amide bonds. The van der Waals surface area contributed by atoms with Crippen LogP contribution in [0.2, 0.25) is 0 Å². The van der Waals surface area contributed by atoms with Crippen LogP contribution in [0.3, 0.4) is 0 Å². The molecule has 3 N–H and O–H groups in total. The van der Waals surface area contributed by atoms with E-state index in [1.54, 1.807) is 5.38 Å². The van der Waals surface area contributed by atoms with Crippen LogP contribution in [0.4, 0.5) is 0 Å². The summed E-state index contributed by atoms with van der Waals surface area (Å²) in [7, 11) is 0. The maximum Gasteiger partial charge on any atom is 0.271 e. The molecule has 0 saturated heterocycles. The molecule has 0 radical (unpaired) electrons. The molecule has 0 spiro atoms. The highest BCUT2D eigenvalue weighted by Crippen LogP contribution is 2.20. The minimum Gasteiger partial charge on any atom is -0.494 e. The zero-order valence-corrected chi connectivity index (χ0v) is 13.7. The first-order valence-electron chi connectivity index (χ1n) is 7.35. The van der Waals surface area contributed by atoms with Gasteiger partial charge in [-0.2, -0.15) is 0 Å². The van der Waals surface area contributed by atoms with E-state index < -0.39 is 0 Å². The molecule has 0 aliphatic heterocycles. The van der Waals surface area contributed by atoms with Crippen LogP contribution >= 0.6 is 11.3 Å². The highest BCUT2D eigenvalue weighted by Gasteiger charge is 2.14. The molecule has 118 valence electrons. The zero-order valence-electron chi connectivity index (χ0n) is 12.8. The Morgan fingerprint density at radius 2 is 2.18 bits per heavy atom. The van der Waals surface area contributed by atoms with Crippen LogP contribution in [0, 0.1) is 0 Å². The number of thiazole rings is 1. The van der Waals surface area contributed by atoms with E-state index in [9.17, 15) is 4.79 Å². The zero-order chi connectivity index (χ0) is 15.9. The molecule has 2 rings (SSSR count). The lowest BCUT2D eigenvalue weighted by molar-refractivity contribution is 0.0946. The number of amides is 1. The third kappa shape index (κ3) is 4.05. The minimum absolute atomic E-state index is 0.106. The number of nitrogens with two attached hydrogens (primary N) is 1. The second-order valence-electron chi connectivity index (χ2n) is 4.81. The van der Waals surface area contributed by atoms with Crippen molar-refractivity contribution in [2.45, 2.75) is 32.9 Å². The van der Waals surface area contributed by atoms with Gasteiger partial charge in [-0.15, -0.1) is 11.3 Å². The molecule has 1 atom stereocenters. The van der Waals surface area contributed by atoms with Gasteiger partial charge < -0.3 is 15.8 Å². The fourth-order valence-electron chi connectivity index (χ4n) is 1.95. The number of aromatic nitrogens is 1. The van der Waals surface area contributed by atoms with E-state index >= 15 is 0 Å². The maximum atomic E-state index is 12.2.